The summed E-state index contributed by atoms with van der Waals surface area (Å²) in [4.78, 5) is 23.5. The molecule has 5 heteroatoms. The topological polar surface area (TPSA) is 58.2 Å². The van der Waals surface area contributed by atoms with E-state index < -0.39 is 0 Å². The quantitative estimate of drug-likeness (QED) is 0.825. The third-order valence-corrected chi connectivity index (χ3v) is 4.02. The Morgan fingerprint density at radius 2 is 1.75 bits per heavy atom. The fourth-order valence-electron chi connectivity index (χ4n) is 2.48. The van der Waals surface area contributed by atoms with Gasteiger partial charge >= 0.3 is 0 Å². The van der Waals surface area contributed by atoms with Crippen molar-refractivity contribution in [2.24, 2.45) is 5.92 Å². The molecule has 1 fully saturated rings. The Bertz CT molecular complexity index is 485. The summed E-state index contributed by atoms with van der Waals surface area (Å²) in [5, 5.41) is 5.94. The predicted octanol–water partition coefficient (Wildman–Crippen LogP) is 3.54. The van der Waals surface area contributed by atoms with Gasteiger partial charge < -0.3 is 10.6 Å². The summed E-state index contributed by atoms with van der Waals surface area (Å²) in [5.41, 5.74) is 1.42. The number of amides is 2. The maximum Gasteiger partial charge on any atom is 0.235 e. The van der Waals surface area contributed by atoms with Crippen molar-refractivity contribution in [2.45, 2.75) is 32.1 Å². The van der Waals surface area contributed by atoms with Gasteiger partial charge in [-0.1, -0.05) is 41.3 Å². The molecule has 0 spiro atoms. The van der Waals surface area contributed by atoms with Gasteiger partial charge in [0.25, 0.3) is 0 Å². The summed E-state index contributed by atoms with van der Waals surface area (Å²) in [5.74, 6) is 0.110. The molecule has 0 aromatic heterocycles. The molecule has 2 rings (SSSR count). The molecule has 0 atom stereocenters. The summed E-state index contributed by atoms with van der Waals surface area (Å²) in [7, 11) is 0. The number of alkyl halides is 1. The van der Waals surface area contributed by atoms with Gasteiger partial charge in [0.15, 0.2) is 0 Å². The molecule has 0 aliphatic heterocycles. The third kappa shape index (κ3) is 4.34. The van der Waals surface area contributed by atoms with E-state index in [0.29, 0.717) is 5.69 Å². The maximum atomic E-state index is 12.2. The van der Waals surface area contributed by atoms with Gasteiger partial charge in [0, 0.05) is 17.3 Å². The lowest BCUT2D eigenvalue weighted by atomic mass is 9.88. The van der Waals surface area contributed by atoms with Crippen LogP contribution in [-0.4, -0.2) is 17.1 Å². The van der Waals surface area contributed by atoms with E-state index >= 15 is 0 Å². The number of rotatable bonds is 4. The molecule has 1 saturated carbocycles. The minimum absolute atomic E-state index is 0.0914. The van der Waals surface area contributed by atoms with Gasteiger partial charge in [0.1, 0.15) is 0 Å². The van der Waals surface area contributed by atoms with Crippen LogP contribution >= 0.6 is 15.9 Å². The fraction of sp³-hybridized carbons (Fsp3) is 0.467. The van der Waals surface area contributed by atoms with E-state index in [1.165, 1.54) is 6.42 Å². The van der Waals surface area contributed by atoms with E-state index in [-0.39, 0.29) is 23.1 Å². The van der Waals surface area contributed by atoms with Gasteiger partial charge in [-0.3, -0.25) is 9.59 Å². The lowest BCUT2D eigenvalue weighted by molar-refractivity contribution is -0.120. The number of benzene rings is 1. The normalized spacial score (nSPS) is 15.7. The standard InChI is InChI=1S/C15H19BrN2O2/c16-10-14(19)17-12-7-4-8-13(9-12)18-15(20)11-5-2-1-3-6-11/h4,7-9,11H,1-3,5-6,10H2,(H,17,19)(H,18,20). The molecule has 0 radical (unpaired) electrons. The zero-order valence-electron chi connectivity index (χ0n) is 11.3. The van der Waals surface area contributed by atoms with Crippen LogP contribution in [0.2, 0.25) is 0 Å². The van der Waals surface area contributed by atoms with Crippen LogP contribution in [0.1, 0.15) is 32.1 Å². The Hall–Kier alpha value is -1.36. The Kier molecular flexibility index (Phi) is 5.59. The van der Waals surface area contributed by atoms with Crippen molar-refractivity contribution >= 4 is 39.1 Å². The molecule has 1 aromatic carbocycles. The van der Waals surface area contributed by atoms with E-state index in [1.807, 2.05) is 12.1 Å². The molecule has 0 unspecified atom stereocenters. The Morgan fingerprint density at radius 1 is 1.10 bits per heavy atom. The Labute approximate surface area is 127 Å². The SMILES string of the molecule is O=C(CBr)Nc1cccc(NC(=O)C2CCCCC2)c1. The number of carbonyl (C=O) groups is 2. The van der Waals surface area contributed by atoms with Crippen molar-refractivity contribution in [1.29, 1.82) is 0 Å². The minimum atomic E-state index is -0.110. The molecule has 108 valence electrons. The zero-order valence-corrected chi connectivity index (χ0v) is 12.9. The molecular weight excluding hydrogens is 320 g/mol. The van der Waals surface area contributed by atoms with Crippen molar-refractivity contribution in [3.8, 4) is 0 Å². The van der Waals surface area contributed by atoms with Crippen LogP contribution in [0.25, 0.3) is 0 Å². The molecule has 1 aliphatic carbocycles. The van der Waals surface area contributed by atoms with Gasteiger partial charge in [-0.2, -0.15) is 0 Å². The van der Waals surface area contributed by atoms with Crippen molar-refractivity contribution in [1.82, 2.24) is 0 Å². The van der Waals surface area contributed by atoms with Crippen LogP contribution in [0.15, 0.2) is 24.3 Å². The van der Waals surface area contributed by atoms with Crippen molar-refractivity contribution in [2.75, 3.05) is 16.0 Å². The Morgan fingerprint density at radius 3 is 2.40 bits per heavy atom. The van der Waals surface area contributed by atoms with Crippen molar-refractivity contribution in [3.63, 3.8) is 0 Å². The number of nitrogens with one attached hydrogen (secondary N) is 2. The van der Waals surface area contributed by atoms with E-state index in [0.717, 1.165) is 31.4 Å². The maximum absolute atomic E-state index is 12.2. The summed E-state index contributed by atoms with van der Waals surface area (Å²) in [6, 6.07) is 7.24. The molecule has 0 bridgehead atoms. The number of anilines is 2. The van der Waals surface area contributed by atoms with Gasteiger partial charge in [0.05, 0.1) is 5.33 Å². The van der Waals surface area contributed by atoms with E-state index in [4.69, 9.17) is 0 Å². The molecular formula is C15H19BrN2O2. The molecule has 4 nitrogen and oxygen atoms in total. The smallest absolute Gasteiger partial charge is 0.235 e. The second kappa shape index (κ2) is 7.43. The molecule has 2 amide bonds. The lowest BCUT2D eigenvalue weighted by Crippen LogP contribution is -2.24. The summed E-state index contributed by atoms with van der Waals surface area (Å²) < 4.78 is 0. The van der Waals surface area contributed by atoms with Crippen LogP contribution in [0.3, 0.4) is 0 Å². The van der Waals surface area contributed by atoms with Gasteiger partial charge in [-0.25, -0.2) is 0 Å². The summed E-state index contributed by atoms with van der Waals surface area (Å²) in [6.45, 7) is 0. The molecule has 1 aliphatic rings. The lowest BCUT2D eigenvalue weighted by Gasteiger charge is -2.20. The second-order valence-electron chi connectivity index (χ2n) is 5.09. The molecule has 20 heavy (non-hydrogen) atoms. The van der Waals surface area contributed by atoms with Gasteiger partial charge in [-0.15, -0.1) is 0 Å². The minimum Gasteiger partial charge on any atom is -0.326 e. The molecule has 2 N–H and O–H groups in total. The van der Waals surface area contributed by atoms with Crippen LogP contribution in [-0.2, 0) is 9.59 Å². The van der Waals surface area contributed by atoms with Crippen LogP contribution in [0, 0.1) is 5.92 Å². The third-order valence-electron chi connectivity index (χ3n) is 3.51. The Balaban J connectivity index is 1.96. The first-order valence-corrected chi connectivity index (χ1v) is 8.08. The van der Waals surface area contributed by atoms with E-state index in [1.54, 1.807) is 12.1 Å². The first kappa shape index (κ1) is 15.0. The van der Waals surface area contributed by atoms with E-state index in [2.05, 4.69) is 26.6 Å². The van der Waals surface area contributed by atoms with Crippen molar-refractivity contribution in [3.05, 3.63) is 24.3 Å². The summed E-state index contributed by atoms with van der Waals surface area (Å²) in [6.07, 6.45) is 5.47. The largest absolute Gasteiger partial charge is 0.326 e. The highest BCUT2D eigenvalue weighted by atomic mass is 79.9. The number of hydrogen-bond acceptors (Lipinski definition) is 2. The zero-order chi connectivity index (χ0) is 14.4. The highest BCUT2D eigenvalue weighted by Gasteiger charge is 2.21. The van der Waals surface area contributed by atoms with Crippen LogP contribution in [0.5, 0.6) is 0 Å². The monoisotopic (exact) mass is 338 g/mol. The van der Waals surface area contributed by atoms with E-state index in [9.17, 15) is 9.59 Å². The predicted molar refractivity (Wildman–Crippen MR) is 84.1 cm³/mol. The van der Waals surface area contributed by atoms with Crippen molar-refractivity contribution < 1.29 is 9.59 Å². The van der Waals surface area contributed by atoms with Gasteiger partial charge in [0.2, 0.25) is 11.8 Å². The van der Waals surface area contributed by atoms with Crippen LogP contribution in [0.4, 0.5) is 11.4 Å². The second-order valence-corrected chi connectivity index (χ2v) is 5.65. The first-order chi connectivity index (χ1) is 9.69. The average Bonchev–Trinajstić information content (AvgIpc) is 2.48. The molecule has 0 heterocycles. The molecule has 0 saturated heterocycles. The van der Waals surface area contributed by atoms with Crippen LogP contribution < -0.4 is 10.6 Å². The average molecular weight is 339 g/mol. The number of hydrogen-bond donors (Lipinski definition) is 2. The first-order valence-electron chi connectivity index (χ1n) is 6.96. The number of carbonyl (C=O) groups excluding carboxylic acids is 2. The summed E-state index contributed by atoms with van der Waals surface area (Å²) >= 11 is 3.10. The highest BCUT2D eigenvalue weighted by molar-refractivity contribution is 9.09. The number of halogens is 1. The fourth-order valence-corrected chi connectivity index (χ4v) is 2.62. The highest BCUT2D eigenvalue weighted by Crippen LogP contribution is 2.25. The molecule has 1 aromatic rings. The van der Waals surface area contributed by atoms with Gasteiger partial charge in [-0.05, 0) is 31.0 Å².